The van der Waals surface area contributed by atoms with Crippen molar-refractivity contribution in [3.8, 4) is 5.88 Å². The molecule has 1 N–H and O–H groups in total. The second-order valence-electron chi connectivity index (χ2n) is 5.52. The summed E-state index contributed by atoms with van der Waals surface area (Å²) in [7, 11) is 3.29. The minimum absolute atomic E-state index is 0.00792. The number of ether oxygens (including phenoxy) is 1. The van der Waals surface area contributed by atoms with Gasteiger partial charge in [0.2, 0.25) is 11.8 Å². The van der Waals surface area contributed by atoms with Gasteiger partial charge in [-0.2, -0.15) is 19.0 Å². The third kappa shape index (κ3) is 3.39. The molecule has 2 rings (SSSR count). The van der Waals surface area contributed by atoms with Crippen molar-refractivity contribution in [1.82, 2.24) is 24.9 Å². The first kappa shape index (κ1) is 17.9. The highest BCUT2D eigenvalue weighted by atomic mass is 19.3. The van der Waals surface area contributed by atoms with E-state index in [0.29, 0.717) is 27.5 Å². The van der Waals surface area contributed by atoms with Gasteiger partial charge in [-0.25, -0.2) is 9.36 Å². The van der Waals surface area contributed by atoms with Crippen LogP contribution in [0.3, 0.4) is 0 Å². The van der Waals surface area contributed by atoms with E-state index in [9.17, 15) is 13.6 Å². The smallest absolute Gasteiger partial charge is 0.333 e. The maximum absolute atomic E-state index is 12.8. The van der Waals surface area contributed by atoms with Crippen LogP contribution in [0.25, 0.3) is 0 Å². The summed E-state index contributed by atoms with van der Waals surface area (Å²) in [6.07, 6.45) is -0.00792. The molecule has 0 atom stereocenters. The van der Waals surface area contributed by atoms with E-state index in [-0.39, 0.29) is 18.9 Å². The zero-order chi connectivity index (χ0) is 18.0. The number of alkyl halides is 2. The number of carbonyl (C=O) groups excluding carboxylic acids is 1. The molecule has 2 aromatic rings. The fourth-order valence-corrected chi connectivity index (χ4v) is 2.69. The number of hydrogen-bond acceptors (Lipinski definition) is 4. The summed E-state index contributed by atoms with van der Waals surface area (Å²) in [5.74, 6) is 0.297. The average Bonchev–Trinajstić information content (AvgIpc) is 2.94. The van der Waals surface area contributed by atoms with Crippen molar-refractivity contribution in [2.45, 2.75) is 40.3 Å². The first-order valence-corrected chi connectivity index (χ1v) is 7.42. The van der Waals surface area contributed by atoms with Gasteiger partial charge in [0.1, 0.15) is 0 Å². The molecule has 0 saturated carbocycles. The standard InChI is InChI=1S/C15H21F2N5O2/c1-8-11(10(3)22(20-8)15(16)17)6-13(23)18-7-12-9(2)19-21(4)14(12)24-5/h15H,6-7H2,1-5H3,(H,18,23). The highest BCUT2D eigenvalue weighted by Gasteiger charge is 2.20. The van der Waals surface area contributed by atoms with E-state index in [0.717, 1.165) is 11.3 Å². The third-order valence-corrected chi connectivity index (χ3v) is 3.94. The molecular formula is C15H21F2N5O2. The Morgan fingerprint density at radius 2 is 1.83 bits per heavy atom. The molecule has 0 unspecified atom stereocenters. The molecule has 0 aliphatic rings. The molecule has 1 amide bonds. The van der Waals surface area contributed by atoms with E-state index in [2.05, 4.69) is 15.5 Å². The Morgan fingerprint density at radius 1 is 1.21 bits per heavy atom. The number of aromatic nitrogens is 4. The first-order valence-electron chi connectivity index (χ1n) is 7.42. The summed E-state index contributed by atoms with van der Waals surface area (Å²) in [5, 5.41) is 10.8. The van der Waals surface area contributed by atoms with Crippen LogP contribution in [-0.2, 0) is 24.8 Å². The summed E-state index contributed by atoms with van der Waals surface area (Å²) in [6, 6.07) is 0. The number of rotatable bonds is 6. The molecule has 0 fully saturated rings. The number of nitrogens with one attached hydrogen (secondary N) is 1. The monoisotopic (exact) mass is 341 g/mol. The van der Waals surface area contributed by atoms with E-state index < -0.39 is 6.55 Å². The van der Waals surface area contributed by atoms with E-state index >= 15 is 0 Å². The van der Waals surface area contributed by atoms with Crippen LogP contribution in [-0.4, -0.2) is 32.6 Å². The second kappa shape index (κ2) is 6.98. The molecule has 24 heavy (non-hydrogen) atoms. The molecule has 0 radical (unpaired) electrons. The van der Waals surface area contributed by atoms with Crippen molar-refractivity contribution in [3.63, 3.8) is 0 Å². The van der Waals surface area contributed by atoms with Crippen molar-refractivity contribution < 1.29 is 18.3 Å². The molecule has 0 saturated heterocycles. The maximum atomic E-state index is 12.8. The largest absolute Gasteiger partial charge is 0.481 e. The molecule has 2 aromatic heterocycles. The van der Waals surface area contributed by atoms with E-state index in [4.69, 9.17) is 4.74 Å². The number of hydrogen-bond donors (Lipinski definition) is 1. The topological polar surface area (TPSA) is 74.0 Å². The van der Waals surface area contributed by atoms with Gasteiger partial charge in [-0.05, 0) is 20.8 Å². The summed E-state index contributed by atoms with van der Waals surface area (Å²) in [5.41, 5.74) is 2.78. The fourth-order valence-electron chi connectivity index (χ4n) is 2.69. The van der Waals surface area contributed by atoms with Gasteiger partial charge in [-0.1, -0.05) is 0 Å². The van der Waals surface area contributed by atoms with Crippen LogP contribution in [0, 0.1) is 20.8 Å². The highest BCUT2D eigenvalue weighted by Crippen LogP contribution is 2.21. The molecule has 2 heterocycles. The Morgan fingerprint density at radius 3 is 2.38 bits per heavy atom. The second-order valence-corrected chi connectivity index (χ2v) is 5.52. The minimum atomic E-state index is -2.72. The van der Waals surface area contributed by atoms with Crippen LogP contribution in [0.5, 0.6) is 5.88 Å². The highest BCUT2D eigenvalue weighted by molar-refractivity contribution is 5.79. The van der Waals surface area contributed by atoms with E-state index in [1.165, 1.54) is 14.0 Å². The van der Waals surface area contributed by atoms with Gasteiger partial charge >= 0.3 is 6.55 Å². The lowest BCUT2D eigenvalue weighted by molar-refractivity contribution is -0.120. The Bertz CT molecular complexity index is 752. The van der Waals surface area contributed by atoms with Crippen molar-refractivity contribution in [2.24, 2.45) is 7.05 Å². The zero-order valence-electron chi connectivity index (χ0n) is 14.4. The summed E-state index contributed by atoms with van der Waals surface area (Å²) in [4.78, 5) is 12.2. The molecule has 0 aliphatic heterocycles. The number of aryl methyl sites for hydroxylation is 3. The molecule has 132 valence electrons. The van der Waals surface area contributed by atoms with Gasteiger partial charge in [0.15, 0.2) is 0 Å². The quantitative estimate of drug-likeness (QED) is 0.869. The summed E-state index contributed by atoms with van der Waals surface area (Å²) >= 11 is 0. The predicted molar refractivity (Wildman–Crippen MR) is 83.0 cm³/mol. The van der Waals surface area contributed by atoms with Crippen molar-refractivity contribution >= 4 is 5.91 Å². The Kier molecular flexibility index (Phi) is 5.20. The van der Waals surface area contributed by atoms with Crippen LogP contribution >= 0.6 is 0 Å². The van der Waals surface area contributed by atoms with Crippen molar-refractivity contribution in [3.05, 3.63) is 28.2 Å². The third-order valence-electron chi connectivity index (χ3n) is 3.94. The first-order chi connectivity index (χ1) is 11.3. The molecule has 0 bridgehead atoms. The Hall–Kier alpha value is -2.45. The number of carbonyl (C=O) groups is 1. The maximum Gasteiger partial charge on any atom is 0.333 e. The fraction of sp³-hybridized carbons (Fsp3) is 0.533. The van der Waals surface area contributed by atoms with Crippen LogP contribution in [0.4, 0.5) is 8.78 Å². The molecule has 9 heteroatoms. The van der Waals surface area contributed by atoms with Gasteiger partial charge in [-0.3, -0.25) is 4.79 Å². The van der Waals surface area contributed by atoms with Crippen LogP contribution < -0.4 is 10.1 Å². The lowest BCUT2D eigenvalue weighted by Gasteiger charge is -2.08. The Labute approximate surface area is 138 Å². The van der Waals surface area contributed by atoms with Crippen LogP contribution in [0.1, 0.15) is 34.8 Å². The zero-order valence-corrected chi connectivity index (χ0v) is 14.4. The van der Waals surface area contributed by atoms with E-state index in [1.807, 2.05) is 6.92 Å². The van der Waals surface area contributed by atoms with Gasteiger partial charge < -0.3 is 10.1 Å². The SMILES string of the molecule is COc1c(CNC(=O)Cc2c(C)nn(C(F)F)c2C)c(C)nn1C. The molecule has 0 aromatic carbocycles. The van der Waals surface area contributed by atoms with Gasteiger partial charge in [0, 0.05) is 24.8 Å². The van der Waals surface area contributed by atoms with Crippen molar-refractivity contribution in [1.29, 1.82) is 0 Å². The minimum Gasteiger partial charge on any atom is -0.481 e. The summed E-state index contributed by atoms with van der Waals surface area (Å²) < 4.78 is 33.2. The lowest BCUT2D eigenvalue weighted by Crippen LogP contribution is -2.25. The van der Waals surface area contributed by atoms with E-state index in [1.54, 1.807) is 18.7 Å². The number of halogens is 2. The van der Waals surface area contributed by atoms with Gasteiger partial charge in [-0.15, -0.1) is 0 Å². The molecular weight excluding hydrogens is 320 g/mol. The molecule has 0 spiro atoms. The molecule has 7 nitrogen and oxygen atoms in total. The van der Waals surface area contributed by atoms with Crippen LogP contribution in [0.2, 0.25) is 0 Å². The lowest BCUT2D eigenvalue weighted by atomic mass is 10.1. The normalized spacial score (nSPS) is 11.2. The van der Waals surface area contributed by atoms with Crippen molar-refractivity contribution in [2.75, 3.05) is 7.11 Å². The van der Waals surface area contributed by atoms with Gasteiger partial charge in [0.25, 0.3) is 0 Å². The summed E-state index contributed by atoms with van der Waals surface area (Å²) in [6.45, 7) is 2.50. The number of nitrogens with zero attached hydrogens (tertiary/aromatic N) is 4. The van der Waals surface area contributed by atoms with Gasteiger partial charge in [0.05, 0.1) is 30.5 Å². The van der Waals surface area contributed by atoms with Crippen LogP contribution in [0.15, 0.2) is 0 Å². The number of amides is 1. The average molecular weight is 341 g/mol. The predicted octanol–water partition coefficient (Wildman–Crippen LogP) is 1.80. The number of methoxy groups -OCH3 is 1. The molecule has 0 aliphatic carbocycles. The Balaban J connectivity index is 2.08.